The normalized spacial score (nSPS) is 24.0. The zero-order valence-corrected chi connectivity index (χ0v) is 16.1. The number of unbranched alkanes of at least 4 members (excludes halogenated alkanes) is 2. The third-order valence-corrected chi connectivity index (χ3v) is 6.43. The highest BCUT2D eigenvalue weighted by Crippen LogP contribution is 2.21. The zero-order chi connectivity index (χ0) is 16.8. The highest BCUT2D eigenvalue weighted by atomic mass is 16.6. The second-order valence-electron chi connectivity index (χ2n) is 7.73. The van der Waals surface area contributed by atoms with Crippen LogP contribution in [0.15, 0.2) is 0 Å². The van der Waals surface area contributed by atoms with Crippen LogP contribution in [-0.2, 0) is 9.47 Å². The van der Waals surface area contributed by atoms with Gasteiger partial charge in [-0.15, -0.1) is 0 Å². The highest BCUT2D eigenvalue weighted by molar-refractivity contribution is 4.69. The molecule has 23 heavy (non-hydrogen) atoms. The summed E-state index contributed by atoms with van der Waals surface area (Å²) < 4.78 is 13.5. The van der Waals surface area contributed by atoms with E-state index >= 15 is 0 Å². The molecule has 2 rings (SSSR count). The Morgan fingerprint density at radius 3 is 1.26 bits per heavy atom. The van der Waals surface area contributed by atoms with Crippen LogP contribution in [-0.4, -0.2) is 86.7 Å². The SMILES string of the molecule is CC[N+](CC)(CCCCC[N+](CC)(CC)CC1CO1)CC1CO1. The first-order valence-corrected chi connectivity index (χ1v) is 10.0. The van der Waals surface area contributed by atoms with Crippen LogP contribution < -0.4 is 0 Å². The first-order chi connectivity index (χ1) is 11.1. The van der Waals surface area contributed by atoms with Crippen molar-refractivity contribution in [3.8, 4) is 0 Å². The van der Waals surface area contributed by atoms with E-state index in [4.69, 9.17) is 9.47 Å². The van der Waals surface area contributed by atoms with E-state index in [9.17, 15) is 0 Å². The molecule has 0 aromatic carbocycles. The zero-order valence-electron chi connectivity index (χ0n) is 16.1. The molecular formula is C19H40N2O2+2. The first kappa shape index (κ1) is 19.2. The summed E-state index contributed by atoms with van der Waals surface area (Å²) in [5, 5.41) is 0. The largest absolute Gasteiger partial charge is 0.367 e. The molecule has 2 saturated heterocycles. The summed E-state index contributed by atoms with van der Waals surface area (Å²) in [6.07, 6.45) is 5.21. The second-order valence-corrected chi connectivity index (χ2v) is 7.73. The van der Waals surface area contributed by atoms with Crippen LogP contribution in [0.4, 0.5) is 0 Å². The molecule has 0 radical (unpaired) electrons. The Hall–Kier alpha value is -0.160. The molecule has 4 nitrogen and oxygen atoms in total. The molecule has 0 N–H and O–H groups in total. The molecule has 2 heterocycles. The number of epoxide rings is 2. The van der Waals surface area contributed by atoms with Crippen LogP contribution in [0.2, 0.25) is 0 Å². The molecular weight excluding hydrogens is 288 g/mol. The summed E-state index contributed by atoms with van der Waals surface area (Å²) in [5.41, 5.74) is 0. The van der Waals surface area contributed by atoms with Crippen molar-refractivity contribution in [1.29, 1.82) is 0 Å². The molecule has 0 saturated carbocycles. The molecule has 0 amide bonds. The quantitative estimate of drug-likeness (QED) is 0.278. The van der Waals surface area contributed by atoms with Crippen LogP contribution in [0, 0.1) is 0 Å². The third-order valence-electron chi connectivity index (χ3n) is 6.43. The van der Waals surface area contributed by atoms with E-state index in [1.165, 1.54) is 80.6 Å². The Balaban J connectivity index is 1.68. The Labute approximate surface area is 143 Å². The molecule has 4 heteroatoms. The standard InChI is InChI=1S/C19H40N2O2/c1-5-20(6-2,14-18-16-22-18)12-10-9-11-13-21(7-3,8-4)15-19-17-23-19/h18-19H,5-17H2,1-4H3/q+2. The van der Waals surface area contributed by atoms with Crippen molar-refractivity contribution in [1.82, 2.24) is 0 Å². The van der Waals surface area contributed by atoms with Gasteiger partial charge in [-0.2, -0.15) is 0 Å². The van der Waals surface area contributed by atoms with Crippen LogP contribution in [0.1, 0.15) is 47.0 Å². The fourth-order valence-electron chi connectivity index (χ4n) is 4.06. The minimum atomic E-state index is 0.554. The number of nitrogens with zero attached hydrogens (tertiary/aromatic N) is 2. The Kier molecular flexibility index (Phi) is 7.33. The van der Waals surface area contributed by atoms with Gasteiger partial charge in [0.05, 0.1) is 52.5 Å². The van der Waals surface area contributed by atoms with E-state index in [0.29, 0.717) is 12.2 Å². The Morgan fingerprint density at radius 1 is 0.652 bits per heavy atom. The number of hydrogen-bond acceptors (Lipinski definition) is 2. The maximum absolute atomic E-state index is 5.48. The van der Waals surface area contributed by atoms with Gasteiger partial charge in [0.2, 0.25) is 0 Å². The molecule has 2 unspecified atom stereocenters. The van der Waals surface area contributed by atoms with Crippen molar-refractivity contribution < 1.29 is 18.4 Å². The third kappa shape index (κ3) is 6.00. The van der Waals surface area contributed by atoms with Crippen LogP contribution >= 0.6 is 0 Å². The van der Waals surface area contributed by atoms with E-state index in [1.807, 2.05) is 0 Å². The summed E-state index contributed by atoms with van der Waals surface area (Å²) in [7, 11) is 0. The molecule has 2 atom stereocenters. The minimum Gasteiger partial charge on any atom is -0.367 e. The predicted octanol–water partition coefficient (Wildman–Crippen LogP) is 2.67. The highest BCUT2D eigenvalue weighted by Gasteiger charge is 2.36. The van der Waals surface area contributed by atoms with Crippen molar-refractivity contribution in [3.63, 3.8) is 0 Å². The maximum Gasteiger partial charge on any atom is 0.130 e. The molecule has 2 aliphatic rings. The van der Waals surface area contributed by atoms with Crippen molar-refractivity contribution in [3.05, 3.63) is 0 Å². The summed E-state index contributed by atoms with van der Waals surface area (Å²) >= 11 is 0. The lowest BCUT2D eigenvalue weighted by molar-refractivity contribution is -0.927. The van der Waals surface area contributed by atoms with Gasteiger partial charge in [-0.05, 0) is 47.0 Å². The van der Waals surface area contributed by atoms with Gasteiger partial charge in [0, 0.05) is 0 Å². The van der Waals surface area contributed by atoms with E-state index < -0.39 is 0 Å². The monoisotopic (exact) mass is 328 g/mol. The van der Waals surface area contributed by atoms with Gasteiger partial charge >= 0.3 is 0 Å². The lowest BCUT2D eigenvalue weighted by Gasteiger charge is -2.38. The van der Waals surface area contributed by atoms with Gasteiger partial charge in [-0.3, -0.25) is 0 Å². The fourth-order valence-corrected chi connectivity index (χ4v) is 4.06. The fraction of sp³-hybridized carbons (Fsp3) is 1.00. The summed E-state index contributed by atoms with van der Waals surface area (Å²) in [5.74, 6) is 0. The molecule has 136 valence electrons. The van der Waals surface area contributed by atoms with Gasteiger partial charge < -0.3 is 18.4 Å². The predicted molar refractivity (Wildman–Crippen MR) is 95.5 cm³/mol. The first-order valence-electron chi connectivity index (χ1n) is 10.0. The van der Waals surface area contributed by atoms with E-state index in [-0.39, 0.29) is 0 Å². The number of rotatable bonds is 14. The summed E-state index contributed by atoms with van der Waals surface area (Å²) in [6.45, 7) is 21.5. The van der Waals surface area contributed by atoms with E-state index in [0.717, 1.165) is 13.2 Å². The average Bonchev–Trinajstić information content (AvgIpc) is 3.49. The number of quaternary nitrogens is 2. The number of likely N-dealkylation sites (N-methyl/N-ethyl adjacent to an activating group) is 2. The van der Waals surface area contributed by atoms with E-state index in [1.54, 1.807) is 0 Å². The molecule has 0 bridgehead atoms. The molecule has 0 aliphatic carbocycles. The van der Waals surface area contributed by atoms with Gasteiger partial charge in [0.15, 0.2) is 0 Å². The molecule has 2 aliphatic heterocycles. The summed E-state index contributed by atoms with van der Waals surface area (Å²) in [6, 6.07) is 0. The van der Waals surface area contributed by atoms with E-state index in [2.05, 4.69) is 27.7 Å². The number of ether oxygens (including phenoxy) is 2. The van der Waals surface area contributed by atoms with Crippen LogP contribution in [0.3, 0.4) is 0 Å². The van der Waals surface area contributed by atoms with Gasteiger partial charge in [-0.25, -0.2) is 0 Å². The van der Waals surface area contributed by atoms with Gasteiger partial charge in [0.1, 0.15) is 25.3 Å². The Bertz CT molecular complexity index is 300. The molecule has 0 aromatic rings. The van der Waals surface area contributed by atoms with Crippen molar-refractivity contribution >= 4 is 0 Å². The lowest BCUT2D eigenvalue weighted by Crippen LogP contribution is -2.51. The topological polar surface area (TPSA) is 25.1 Å². The van der Waals surface area contributed by atoms with Crippen LogP contribution in [0.5, 0.6) is 0 Å². The van der Waals surface area contributed by atoms with Crippen molar-refractivity contribution in [2.45, 2.75) is 59.2 Å². The maximum atomic E-state index is 5.48. The summed E-state index contributed by atoms with van der Waals surface area (Å²) in [4.78, 5) is 0. The van der Waals surface area contributed by atoms with Gasteiger partial charge in [-0.1, -0.05) is 0 Å². The Morgan fingerprint density at radius 2 is 1.00 bits per heavy atom. The van der Waals surface area contributed by atoms with Crippen molar-refractivity contribution in [2.75, 3.05) is 65.6 Å². The van der Waals surface area contributed by atoms with Gasteiger partial charge in [0.25, 0.3) is 0 Å². The number of hydrogen-bond donors (Lipinski definition) is 0. The minimum absolute atomic E-state index is 0.554. The molecule has 0 aromatic heterocycles. The smallest absolute Gasteiger partial charge is 0.130 e. The molecule has 2 fully saturated rings. The van der Waals surface area contributed by atoms with Crippen LogP contribution in [0.25, 0.3) is 0 Å². The average molecular weight is 329 g/mol. The molecule has 0 spiro atoms. The van der Waals surface area contributed by atoms with Crippen molar-refractivity contribution in [2.24, 2.45) is 0 Å². The lowest BCUT2D eigenvalue weighted by atomic mass is 10.1. The second kappa shape index (κ2) is 8.80.